The number of nitrogens with zero attached hydrogens (tertiary/aromatic N) is 3. The lowest BCUT2D eigenvalue weighted by Crippen LogP contribution is -2.10. The van der Waals surface area contributed by atoms with E-state index in [0.29, 0.717) is 17.0 Å². The Hall–Kier alpha value is -2.97. The van der Waals surface area contributed by atoms with Crippen LogP contribution in [0.3, 0.4) is 0 Å². The highest BCUT2D eigenvalue weighted by molar-refractivity contribution is 6.10. The van der Waals surface area contributed by atoms with Gasteiger partial charge in [-0.2, -0.15) is 5.26 Å². The number of allylic oxidation sites excluding steroid dienone is 5. The Bertz CT molecular complexity index is 686. The molecule has 2 rings (SSSR count). The van der Waals surface area contributed by atoms with Crippen molar-refractivity contribution in [3.05, 3.63) is 65.9 Å². The summed E-state index contributed by atoms with van der Waals surface area (Å²) >= 11 is 0. The highest BCUT2D eigenvalue weighted by Crippen LogP contribution is 2.16. The van der Waals surface area contributed by atoms with Crippen molar-refractivity contribution >= 4 is 17.3 Å². The first-order chi connectivity index (χ1) is 10.1. The van der Waals surface area contributed by atoms with E-state index in [1.807, 2.05) is 6.07 Å². The zero-order valence-electron chi connectivity index (χ0n) is 11.4. The standard InChI is InChI=1S/C16H13N3O2/c1-12(20)18-15-6-2-14(3-7-15)11-19(21)16-8-4-13(10-17)5-9-16/h2-9,11,21H,1H3. The molecule has 0 aromatic heterocycles. The van der Waals surface area contributed by atoms with Crippen molar-refractivity contribution in [2.45, 2.75) is 6.92 Å². The lowest BCUT2D eigenvalue weighted by molar-refractivity contribution is -0.115. The predicted octanol–water partition coefficient (Wildman–Crippen LogP) is 2.75. The fourth-order valence-electron chi connectivity index (χ4n) is 1.72. The molecular weight excluding hydrogens is 266 g/mol. The largest absolute Gasteiger partial charge is 0.284 e. The Kier molecular flexibility index (Phi) is 4.44. The van der Waals surface area contributed by atoms with Crippen molar-refractivity contribution in [1.29, 1.82) is 5.26 Å². The molecule has 0 fully saturated rings. The van der Waals surface area contributed by atoms with Crippen LogP contribution >= 0.6 is 0 Å². The van der Waals surface area contributed by atoms with Crippen LogP contribution in [0.4, 0.5) is 5.69 Å². The highest BCUT2D eigenvalue weighted by atomic mass is 16.5. The lowest BCUT2D eigenvalue weighted by atomic mass is 10.1. The van der Waals surface area contributed by atoms with Gasteiger partial charge < -0.3 is 0 Å². The van der Waals surface area contributed by atoms with Gasteiger partial charge >= 0.3 is 0 Å². The number of hydroxylamine groups is 1. The topological polar surface area (TPSA) is 76.7 Å². The fourth-order valence-corrected chi connectivity index (χ4v) is 1.72. The summed E-state index contributed by atoms with van der Waals surface area (Å²) in [5.74, 6) is -0.256. The molecular formula is C16H13N3O2. The molecule has 0 heterocycles. The van der Waals surface area contributed by atoms with E-state index in [1.165, 1.54) is 13.1 Å². The normalized spacial score (nSPS) is 12.8. The number of hydrogen-bond acceptors (Lipinski definition) is 4. The summed E-state index contributed by atoms with van der Waals surface area (Å²) in [5.41, 5.74) is 2.40. The van der Waals surface area contributed by atoms with Crippen molar-refractivity contribution in [2.75, 3.05) is 5.06 Å². The summed E-state index contributed by atoms with van der Waals surface area (Å²) < 4.78 is 0. The lowest BCUT2D eigenvalue weighted by Gasteiger charge is -2.13. The summed E-state index contributed by atoms with van der Waals surface area (Å²) in [6.07, 6.45) is 8.40. The molecule has 1 N–H and O–H groups in total. The van der Waals surface area contributed by atoms with Gasteiger partial charge in [0.15, 0.2) is 0 Å². The molecule has 1 aromatic carbocycles. The predicted molar refractivity (Wildman–Crippen MR) is 79.9 cm³/mol. The third kappa shape index (κ3) is 4.00. The maximum Gasteiger partial charge on any atom is 0.243 e. The van der Waals surface area contributed by atoms with Crippen LogP contribution in [-0.2, 0) is 4.79 Å². The SMILES string of the molecule is CC(=O)N=C1C=CC(=CN(O)c2ccc(C#N)cc2)C=C1. The van der Waals surface area contributed by atoms with Crippen LogP contribution in [-0.4, -0.2) is 16.8 Å². The number of aliphatic imine (C=N–C) groups is 1. The Labute approximate surface area is 122 Å². The van der Waals surface area contributed by atoms with Gasteiger partial charge in [0.2, 0.25) is 5.91 Å². The molecule has 0 spiro atoms. The Morgan fingerprint density at radius 2 is 1.86 bits per heavy atom. The van der Waals surface area contributed by atoms with Crippen molar-refractivity contribution in [1.82, 2.24) is 0 Å². The van der Waals surface area contributed by atoms with Gasteiger partial charge in [0.1, 0.15) is 0 Å². The van der Waals surface area contributed by atoms with Crippen molar-refractivity contribution in [2.24, 2.45) is 4.99 Å². The molecule has 0 aliphatic heterocycles. The van der Waals surface area contributed by atoms with E-state index in [9.17, 15) is 10.0 Å². The van der Waals surface area contributed by atoms with Crippen LogP contribution in [0.2, 0.25) is 0 Å². The first-order valence-electron chi connectivity index (χ1n) is 6.24. The molecule has 0 unspecified atom stereocenters. The van der Waals surface area contributed by atoms with Crippen LogP contribution in [0.1, 0.15) is 12.5 Å². The average molecular weight is 279 g/mol. The van der Waals surface area contributed by atoms with Crippen molar-refractivity contribution in [3.63, 3.8) is 0 Å². The first-order valence-corrected chi connectivity index (χ1v) is 6.24. The maximum atomic E-state index is 10.9. The molecule has 0 saturated carbocycles. The summed E-state index contributed by atoms with van der Waals surface area (Å²) in [4.78, 5) is 14.7. The number of anilines is 1. The van der Waals surface area contributed by atoms with E-state index in [1.54, 1.807) is 48.6 Å². The van der Waals surface area contributed by atoms with E-state index < -0.39 is 0 Å². The molecule has 104 valence electrons. The molecule has 0 radical (unpaired) electrons. The third-order valence-corrected chi connectivity index (χ3v) is 2.71. The smallest absolute Gasteiger partial charge is 0.243 e. The second-order valence-electron chi connectivity index (χ2n) is 4.35. The van der Waals surface area contributed by atoms with Gasteiger partial charge in [-0.05, 0) is 42.0 Å². The quantitative estimate of drug-likeness (QED) is 0.844. The Morgan fingerprint density at radius 1 is 1.24 bits per heavy atom. The zero-order chi connectivity index (χ0) is 15.2. The van der Waals surface area contributed by atoms with E-state index in [0.717, 1.165) is 10.6 Å². The second-order valence-corrected chi connectivity index (χ2v) is 4.35. The summed E-state index contributed by atoms with van der Waals surface area (Å²) in [6, 6.07) is 8.56. The van der Waals surface area contributed by atoms with Crippen LogP contribution in [0.15, 0.2) is 65.3 Å². The number of carbonyl (C=O) groups is 1. The van der Waals surface area contributed by atoms with Crippen LogP contribution in [0.25, 0.3) is 0 Å². The van der Waals surface area contributed by atoms with Gasteiger partial charge in [0.25, 0.3) is 0 Å². The second kappa shape index (κ2) is 6.46. The first kappa shape index (κ1) is 14.4. The van der Waals surface area contributed by atoms with Crippen molar-refractivity contribution in [3.8, 4) is 6.07 Å². The minimum atomic E-state index is -0.256. The Morgan fingerprint density at radius 3 is 2.38 bits per heavy atom. The van der Waals surface area contributed by atoms with Gasteiger partial charge in [0, 0.05) is 13.1 Å². The minimum Gasteiger partial charge on any atom is -0.284 e. The van der Waals surface area contributed by atoms with Gasteiger partial charge in [-0.15, -0.1) is 0 Å². The highest BCUT2D eigenvalue weighted by Gasteiger charge is 2.03. The maximum absolute atomic E-state index is 10.9. The number of rotatable bonds is 2. The Balaban J connectivity index is 2.12. The number of benzene rings is 1. The summed E-state index contributed by atoms with van der Waals surface area (Å²) in [6.45, 7) is 1.39. The monoisotopic (exact) mass is 279 g/mol. The average Bonchev–Trinajstić information content (AvgIpc) is 2.49. The molecule has 0 atom stereocenters. The van der Waals surface area contributed by atoms with E-state index in [-0.39, 0.29) is 5.91 Å². The van der Waals surface area contributed by atoms with Gasteiger partial charge in [0.05, 0.1) is 23.0 Å². The third-order valence-electron chi connectivity index (χ3n) is 2.71. The van der Waals surface area contributed by atoms with Gasteiger partial charge in [-0.25, -0.2) is 10.1 Å². The molecule has 1 amide bonds. The van der Waals surface area contributed by atoms with Gasteiger partial charge in [-0.3, -0.25) is 10.0 Å². The number of carbonyl (C=O) groups excluding carboxylic acids is 1. The molecule has 1 aromatic rings. The van der Waals surface area contributed by atoms with E-state index >= 15 is 0 Å². The molecule has 5 heteroatoms. The molecule has 1 aliphatic rings. The molecule has 1 aliphatic carbocycles. The fraction of sp³-hybridized carbons (Fsp3) is 0.0625. The number of amides is 1. The zero-order valence-corrected chi connectivity index (χ0v) is 11.4. The summed E-state index contributed by atoms with van der Waals surface area (Å²) in [5, 5.41) is 19.7. The van der Waals surface area contributed by atoms with Gasteiger partial charge in [-0.1, -0.05) is 12.2 Å². The molecule has 5 nitrogen and oxygen atoms in total. The molecule has 0 bridgehead atoms. The van der Waals surface area contributed by atoms with Crippen LogP contribution < -0.4 is 5.06 Å². The van der Waals surface area contributed by atoms with E-state index in [2.05, 4.69) is 4.99 Å². The van der Waals surface area contributed by atoms with Crippen LogP contribution in [0, 0.1) is 11.3 Å². The number of hydrogen-bond donors (Lipinski definition) is 1. The van der Waals surface area contributed by atoms with Crippen LogP contribution in [0.5, 0.6) is 0 Å². The minimum absolute atomic E-state index is 0.256. The van der Waals surface area contributed by atoms with Crippen molar-refractivity contribution < 1.29 is 10.0 Å². The van der Waals surface area contributed by atoms with E-state index in [4.69, 9.17) is 5.26 Å². The number of nitriles is 1. The molecule has 0 saturated heterocycles. The summed E-state index contributed by atoms with van der Waals surface area (Å²) in [7, 11) is 0. The molecule has 21 heavy (non-hydrogen) atoms.